The maximum Gasteiger partial charge on any atom is 0.554 e. The second kappa shape index (κ2) is 28.2. The van der Waals surface area contributed by atoms with Crippen molar-refractivity contribution in [1.29, 1.82) is 0 Å². The van der Waals surface area contributed by atoms with Crippen LogP contribution >= 0.6 is 7.26 Å². The van der Waals surface area contributed by atoms with Gasteiger partial charge in [-0.2, -0.15) is 0 Å². The van der Waals surface area contributed by atoms with Crippen molar-refractivity contribution in [3.05, 3.63) is 12.7 Å². The van der Waals surface area contributed by atoms with Gasteiger partial charge in [-0.3, -0.25) is 0 Å². The van der Waals surface area contributed by atoms with Gasteiger partial charge >= 0.3 is 41.2 Å². The third-order valence-corrected chi connectivity index (χ3v) is 37.6. The van der Waals surface area contributed by atoms with Gasteiger partial charge < -0.3 is 30.1 Å². The topological polar surface area (TPSA) is 92.7 Å². The van der Waals surface area contributed by atoms with Crippen LogP contribution in [0.15, 0.2) is 12.7 Å². The van der Waals surface area contributed by atoms with Gasteiger partial charge in [0.15, 0.2) is 0 Å². The Hall–Kier alpha value is 0.701. The summed E-state index contributed by atoms with van der Waals surface area (Å²) in [6.45, 7) is 31.1. The lowest BCUT2D eigenvalue weighted by Gasteiger charge is -2.41. The van der Waals surface area contributed by atoms with E-state index in [1.165, 1.54) is 146 Å². The molecule has 0 aromatic rings. The Morgan fingerprint density at radius 1 is 0.556 bits per heavy atom. The molecule has 0 rings (SSSR count). The molecule has 0 amide bonds. The van der Waals surface area contributed by atoms with Gasteiger partial charge in [-0.1, -0.05) is 104 Å². The third kappa shape index (κ3) is 29.0. The quantitative estimate of drug-likeness (QED) is 0.0219. The fourth-order valence-corrected chi connectivity index (χ4v) is 41.6. The Kier molecular flexibility index (Phi) is 28.6. The molecular formula is C39H89O8PSi6+. The predicted molar refractivity (Wildman–Crippen MR) is 248 cm³/mol. The number of esters is 1. The molecule has 0 aliphatic heterocycles. The molecule has 0 aromatic heterocycles. The summed E-state index contributed by atoms with van der Waals surface area (Å²) in [5.74, 6) is 0.737. The summed E-state index contributed by atoms with van der Waals surface area (Å²) in [4.78, 5) is 23.1. The molecule has 0 saturated heterocycles. The summed E-state index contributed by atoms with van der Waals surface area (Å²) >= 11 is 0. The van der Waals surface area contributed by atoms with Gasteiger partial charge in [0.05, 0.1) is 24.3 Å². The molecule has 0 heterocycles. The first-order chi connectivity index (χ1) is 25.1. The molecule has 0 aromatic carbocycles. The minimum Gasteiger partial charge on any atom is -0.463 e. The van der Waals surface area contributed by atoms with E-state index in [2.05, 4.69) is 40.4 Å². The predicted octanol–water partition coefficient (Wildman–Crippen LogP) is 12.5. The molecule has 0 atom stereocenters. The summed E-state index contributed by atoms with van der Waals surface area (Å²) in [6.07, 6.45) is 29.7. The van der Waals surface area contributed by atoms with Crippen molar-refractivity contribution in [2.45, 2.75) is 202 Å². The molecule has 0 aliphatic rings. The number of carbonyl (C=O) groups is 1. The summed E-state index contributed by atoms with van der Waals surface area (Å²) in [6, 6.07) is 0. The monoisotopic (exact) mass is 884 g/mol. The van der Waals surface area contributed by atoms with E-state index in [1.807, 2.05) is 52.4 Å². The van der Waals surface area contributed by atoms with Crippen LogP contribution in [0.2, 0.25) is 65.5 Å². The molecule has 0 bridgehead atoms. The van der Waals surface area contributed by atoms with E-state index in [-0.39, 0.29) is 6.23 Å². The first kappa shape index (κ1) is 54.7. The highest BCUT2D eigenvalue weighted by molar-refractivity contribution is 7.77. The lowest BCUT2D eigenvalue weighted by atomic mass is 10.1. The largest absolute Gasteiger partial charge is 0.554 e. The number of rotatable bonds is 36. The zero-order valence-corrected chi connectivity index (χ0v) is 44.7. The van der Waals surface area contributed by atoms with Gasteiger partial charge in [-0.25, -0.2) is 4.79 Å². The van der Waals surface area contributed by atoms with E-state index in [1.54, 1.807) is 0 Å². The van der Waals surface area contributed by atoms with Crippen molar-refractivity contribution in [2.75, 3.05) is 30.5 Å². The number of hydrogen-bond acceptors (Lipinski definition) is 8. The SMILES string of the molecule is C=CC(=O)OC[Si](C)(C)O[Si](C)(C)O[Si](C)(C)O[Si](C)(C)O[Si](O)O[Si](C)(C)C[P+](CCCCCCCC)(CCCCCCCC)CCCCCCCC. The molecule has 0 saturated carbocycles. The van der Waals surface area contributed by atoms with E-state index in [0.717, 1.165) is 0 Å². The van der Waals surface area contributed by atoms with Crippen molar-refractivity contribution in [2.24, 2.45) is 0 Å². The maximum atomic E-state index is 11.7. The van der Waals surface area contributed by atoms with Crippen molar-refractivity contribution < 1.29 is 34.9 Å². The molecule has 0 aliphatic carbocycles. The second-order valence-electron chi connectivity index (χ2n) is 18.3. The number of hydrogen-bond donors (Lipinski definition) is 1. The van der Waals surface area contributed by atoms with Crippen molar-refractivity contribution in [3.63, 3.8) is 0 Å². The Labute approximate surface area is 343 Å². The molecule has 0 spiro atoms. The Morgan fingerprint density at radius 2 is 0.926 bits per heavy atom. The number of ether oxygens (including phenoxy) is 1. The smallest absolute Gasteiger partial charge is 0.463 e. The molecule has 321 valence electrons. The molecule has 54 heavy (non-hydrogen) atoms. The van der Waals surface area contributed by atoms with Crippen molar-refractivity contribution in [1.82, 2.24) is 0 Å². The van der Waals surface area contributed by atoms with Gasteiger partial charge in [-0.05, 0) is 104 Å². The van der Waals surface area contributed by atoms with Gasteiger partial charge in [-0.15, -0.1) is 0 Å². The van der Waals surface area contributed by atoms with E-state index in [0.29, 0.717) is 0 Å². The molecule has 8 nitrogen and oxygen atoms in total. The second-order valence-corrected chi connectivity index (χ2v) is 43.9. The molecule has 1 N–H and O–H groups in total. The first-order valence-corrected chi connectivity index (χ1v) is 40.2. The van der Waals surface area contributed by atoms with Crippen LogP contribution in [-0.4, -0.2) is 93.1 Å². The molecular weight excluding hydrogens is 796 g/mol. The highest BCUT2D eigenvalue weighted by Gasteiger charge is 2.48. The summed E-state index contributed by atoms with van der Waals surface area (Å²) in [5, 5.41) is 0. The zero-order chi connectivity index (χ0) is 41.4. The summed E-state index contributed by atoms with van der Waals surface area (Å²) < 4.78 is 38.3. The van der Waals surface area contributed by atoms with Gasteiger partial charge in [0.2, 0.25) is 16.6 Å². The molecule has 0 fully saturated rings. The van der Waals surface area contributed by atoms with E-state index in [4.69, 9.17) is 25.3 Å². The molecule has 15 heteroatoms. The molecule has 1 radical (unpaired) electrons. The third-order valence-electron chi connectivity index (χ3n) is 9.60. The van der Waals surface area contributed by atoms with Crippen LogP contribution in [0.3, 0.4) is 0 Å². The van der Waals surface area contributed by atoms with Crippen LogP contribution in [-0.2, 0) is 30.1 Å². The lowest BCUT2D eigenvalue weighted by molar-refractivity contribution is -0.136. The average molecular weight is 886 g/mol. The number of carbonyl (C=O) groups excluding carboxylic acids is 1. The Bertz CT molecular complexity index is 961. The highest BCUT2D eigenvalue weighted by atomic mass is 31.2. The summed E-state index contributed by atoms with van der Waals surface area (Å²) in [7, 11) is -16.6. The first-order valence-electron chi connectivity index (χ1n) is 21.8. The van der Waals surface area contributed by atoms with Crippen LogP contribution in [0.5, 0.6) is 0 Å². The normalized spacial score (nSPS) is 13.5. The van der Waals surface area contributed by atoms with Crippen LogP contribution in [0.1, 0.15) is 136 Å². The zero-order valence-electron chi connectivity index (χ0n) is 37.8. The molecule has 0 unspecified atom stereocenters. The number of unbranched alkanes of at least 4 members (excludes halogenated alkanes) is 15. The standard InChI is InChI=1S/C39H89O8PSi6/c1-15-19-22-25-28-31-34-48(35-32-29-26-23-20-16-2,36-33-30-27-24-21-17-3)38-51(7,8)43-49(41)44-52(9,10)46-54(13,14)47-53(11,12)45-50(5,6)37-42-39(40)18-4/h18,41H,4,15-17,19-38H2,1-3,5-14H3/q+1. The highest BCUT2D eigenvalue weighted by Crippen LogP contribution is 2.62. The fraction of sp³-hybridized carbons (Fsp3) is 0.923. The van der Waals surface area contributed by atoms with E-state index >= 15 is 0 Å². The Morgan fingerprint density at radius 3 is 1.33 bits per heavy atom. The van der Waals surface area contributed by atoms with Crippen molar-refractivity contribution in [3.8, 4) is 0 Å². The van der Waals surface area contributed by atoms with E-state index in [9.17, 15) is 9.59 Å². The summed E-state index contributed by atoms with van der Waals surface area (Å²) in [5.41, 5.74) is 0. The minimum absolute atomic E-state index is 0.234. The maximum absolute atomic E-state index is 11.7. The minimum atomic E-state index is -2.83. The fourth-order valence-electron chi connectivity index (χ4n) is 7.81. The lowest BCUT2D eigenvalue weighted by Crippen LogP contribution is -2.59. The van der Waals surface area contributed by atoms with Crippen LogP contribution in [0, 0.1) is 0 Å². The van der Waals surface area contributed by atoms with Crippen LogP contribution in [0.25, 0.3) is 0 Å². The van der Waals surface area contributed by atoms with E-state index < -0.39 is 65.1 Å². The Balaban J connectivity index is 5.78. The van der Waals surface area contributed by atoms with Crippen molar-refractivity contribution >= 4 is 65.1 Å². The van der Waals surface area contributed by atoms with Crippen LogP contribution < -0.4 is 0 Å². The van der Waals surface area contributed by atoms with Crippen LogP contribution in [0.4, 0.5) is 0 Å². The van der Waals surface area contributed by atoms with Gasteiger partial charge in [0.25, 0.3) is 0 Å². The van der Waals surface area contributed by atoms with Gasteiger partial charge in [0, 0.05) is 13.3 Å². The van der Waals surface area contributed by atoms with Gasteiger partial charge in [0.1, 0.15) is 6.23 Å². The average Bonchev–Trinajstić information content (AvgIpc) is 3.02.